The van der Waals surface area contributed by atoms with Crippen LogP contribution in [0, 0.1) is 0 Å². The molecule has 4 rings (SSSR count). The summed E-state index contributed by atoms with van der Waals surface area (Å²) in [5, 5.41) is 11.2. The summed E-state index contributed by atoms with van der Waals surface area (Å²) in [6.07, 6.45) is 3.26. The quantitative estimate of drug-likeness (QED) is 0.326. The molecule has 0 spiro atoms. The molecule has 1 fully saturated rings. The van der Waals surface area contributed by atoms with Gasteiger partial charge in [0.15, 0.2) is 11.5 Å². The van der Waals surface area contributed by atoms with Crippen molar-refractivity contribution in [3.05, 3.63) is 89.3 Å². The fraction of sp³-hybridized carbons (Fsp3) is 0.192. The number of carbonyl (C=O) groups is 2. The van der Waals surface area contributed by atoms with Gasteiger partial charge in [0.1, 0.15) is 11.5 Å². The summed E-state index contributed by atoms with van der Waals surface area (Å²) in [6, 6.07) is 14.5. The summed E-state index contributed by atoms with van der Waals surface area (Å²) in [5.74, 6) is -0.393. The van der Waals surface area contributed by atoms with Gasteiger partial charge in [-0.15, -0.1) is 0 Å². The molecule has 0 bridgehead atoms. The van der Waals surface area contributed by atoms with Crippen molar-refractivity contribution in [2.24, 2.45) is 0 Å². The number of hydrogen-bond acceptors (Lipinski definition) is 7. The third kappa shape index (κ3) is 4.05. The number of methoxy groups -OCH3 is 3. The maximum Gasteiger partial charge on any atom is 0.295 e. The number of hydrogen-bond donors (Lipinski definition) is 1. The molecule has 1 saturated heterocycles. The van der Waals surface area contributed by atoms with E-state index >= 15 is 0 Å². The van der Waals surface area contributed by atoms with Crippen molar-refractivity contribution in [3.63, 3.8) is 0 Å². The minimum absolute atomic E-state index is 0.0365. The Hall–Kier alpha value is -4.33. The molecule has 0 radical (unpaired) electrons. The van der Waals surface area contributed by atoms with Crippen LogP contribution in [0.25, 0.3) is 5.76 Å². The number of rotatable bonds is 7. The average Bonchev–Trinajstić information content (AvgIpc) is 3.13. The molecule has 1 N–H and O–H groups in total. The van der Waals surface area contributed by atoms with Crippen molar-refractivity contribution in [1.82, 2.24) is 9.88 Å². The van der Waals surface area contributed by atoms with E-state index in [-0.39, 0.29) is 17.9 Å². The lowest BCUT2D eigenvalue weighted by molar-refractivity contribution is -0.140. The van der Waals surface area contributed by atoms with E-state index in [1.807, 2.05) is 6.07 Å². The van der Waals surface area contributed by atoms with Crippen LogP contribution in [0.5, 0.6) is 17.2 Å². The second-order valence-electron chi connectivity index (χ2n) is 7.60. The van der Waals surface area contributed by atoms with Gasteiger partial charge >= 0.3 is 0 Å². The van der Waals surface area contributed by atoms with E-state index in [2.05, 4.69) is 4.98 Å². The van der Waals surface area contributed by atoms with Gasteiger partial charge in [-0.25, -0.2) is 0 Å². The second kappa shape index (κ2) is 9.66. The van der Waals surface area contributed by atoms with E-state index in [0.29, 0.717) is 28.4 Å². The Kier molecular flexibility index (Phi) is 6.49. The molecule has 8 nitrogen and oxygen atoms in total. The number of benzene rings is 2. The second-order valence-corrected chi connectivity index (χ2v) is 7.60. The number of Topliss-reactive ketones (excluding diaryl/α,β-unsaturated/α-hetero) is 1. The molecule has 1 aromatic heterocycles. The number of ether oxygens (including phenoxy) is 3. The van der Waals surface area contributed by atoms with Crippen LogP contribution >= 0.6 is 0 Å². The number of para-hydroxylation sites is 1. The number of amides is 1. The summed E-state index contributed by atoms with van der Waals surface area (Å²) in [5.41, 5.74) is 1.60. The standard InChI is InChI=1S/C26H24N2O6/c1-32-18-11-9-17(10-12-18)23(29)21-22(19-7-4-8-20(33-2)25(19)34-3)28(26(31)24(21)30)15-16-6-5-13-27-14-16/h4-14,22,29H,15H2,1-3H3/b23-21+. The molecular weight excluding hydrogens is 436 g/mol. The molecule has 1 amide bonds. The van der Waals surface area contributed by atoms with Gasteiger partial charge in [0.2, 0.25) is 0 Å². The normalized spacial score (nSPS) is 17.0. The zero-order valence-corrected chi connectivity index (χ0v) is 19.0. The average molecular weight is 460 g/mol. The highest BCUT2D eigenvalue weighted by Crippen LogP contribution is 2.46. The van der Waals surface area contributed by atoms with Crippen LogP contribution in [0.2, 0.25) is 0 Å². The maximum absolute atomic E-state index is 13.3. The van der Waals surface area contributed by atoms with Crippen molar-refractivity contribution in [3.8, 4) is 17.2 Å². The van der Waals surface area contributed by atoms with Gasteiger partial charge in [-0.05, 0) is 42.0 Å². The van der Waals surface area contributed by atoms with Gasteiger partial charge in [-0.1, -0.05) is 18.2 Å². The molecule has 1 aliphatic heterocycles. The van der Waals surface area contributed by atoms with Gasteiger partial charge in [0.25, 0.3) is 11.7 Å². The predicted octanol–water partition coefficient (Wildman–Crippen LogP) is 3.73. The summed E-state index contributed by atoms with van der Waals surface area (Å²) < 4.78 is 16.2. The smallest absolute Gasteiger partial charge is 0.295 e. The van der Waals surface area contributed by atoms with Crippen LogP contribution in [0.4, 0.5) is 0 Å². The Labute approximate surface area is 197 Å². The number of carbonyl (C=O) groups excluding carboxylic acids is 2. The lowest BCUT2D eigenvalue weighted by Crippen LogP contribution is -2.29. The molecule has 34 heavy (non-hydrogen) atoms. The summed E-state index contributed by atoms with van der Waals surface area (Å²) in [4.78, 5) is 32.0. The number of pyridine rings is 1. The number of ketones is 1. The number of aromatic nitrogens is 1. The molecule has 2 heterocycles. The molecule has 174 valence electrons. The van der Waals surface area contributed by atoms with E-state index < -0.39 is 17.7 Å². The Morgan fingerprint density at radius 3 is 2.35 bits per heavy atom. The number of aliphatic hydroxyl groups excluding tert-OH is 1. The first-order valence-electron chi connectivity index (χ1n) is 10.5. The molecule has 1 atom stereocenters. The number of nitrogens with zero attached hydrogens (tertiary/aromatic N) is 2. The fourth-order valence-corrected chi connectivity index (χ4v) is 4.09. The van der Waals surface area contributed by atoms with E-state index in [9.17, 15) is 14.7 Å². The zero-order chi connectivity index (χ0) is 24.2. The van der Waals surface area contributed by atoms with Crippen LogP contribution in [-0.4, -0.2) is 48.0 Å². The largest absolute Gasteiger partial charge is 0.507 e. The Balaban J connectivity index is 1.92. The number of aliphatic hydroxyl groups is 1. The molecule has 2 aromatic carbocycles. The fourth-order valence-electron chi connectivity index (χ4n) is 4.09. The molecule has 3 aromatic rings. The molecule has 1 unspecified atom stereocenters. The maximum atomic E-state index is 13.3. The van der Waals surface area contributed by atoms with Crippen LogP contribution < -0.4 is 14.2 Å². The van der Waals surface area contributed by atoms with Crippen molar-refractivity contribution in [1.29, 1.82) is 0 Å². The zero-order valence-electron chi connectivity index (χ0n) is 19.0. The van der Waals surface area contributed by atoms with Gasteiger partial charge < -0.3 is 24.2 Å². The summed E-state index contributed by atoms with van der Waals surface area (Å²) in [6.45, 7) is 0.114. The lowest BCUT2D eigenvalue weighted by atomic mass is 9.94. The Morgan fingerprint density at radius 2 is 1.74 bits per heavy atom. The van der Waals surface area contributed by atoms with E-state index in [1.54, 1.807) is 60.9 Å². The van der Waals surface area contributed by atoms with Crippen LogP contribution in [-0.2, 0) is 16.1 Å². The molecule has 1 aliphatic rings. The number of likely N-dealkylation sites (tertiary alicyclic amines) is 1. The van der Waals surface area contributed by atoms with Crippen molar-refractivity contribution in [2.45, 2.75) is 12.6 Å². The SMILES string of the molecule is COc1ccc(/C(O)=C2\C(=O)C(=O)N(Cc3cccnc3)C2c2cccc(OC)c2OC)cc1. The van der Waals surface area contributed by atoms with Crippen molar-refractivity contribution >= 4 is 17.4 Å². The van der Waals surface area contributed by atoms with Crippen molar-refractivity contribution < 1.29 is 28.9 Å². The first-order valence-corrected chi connectivity index (χ1v) is 10.5. The summed E-state index contributed by atoms with van der Waals surface area (Å²) in [7, 11) is 4.53. The minimum Gasteiger partial charge on any atom is -0.507 e. The third-order valence-electron chi connectivity index (χ3n) is 5.71. The highest BCUT2D eigenvalue weighted by Gasteiger charge is 2.47. The highest BCUT2D eigenvalue weighted by molar-refractivity contribution is 6.46. The van der Waals surface area contributed by atoms with Crippen LogP contribution in [0.15, 0.2) is 72.6 Å². The minimum atomic E-state index is -0.910. The molecule has 8 heteroatoms. The summed E-state index contributed by atoms with van der Waals surface area (Å²) >= 11 is 0. The van der Waals surface area contributed by atoms with Gasteiger partial charge in [-0.3, -0.25) is 14.6 Å². The third-order valence-corrected chi connectivity index (χ3v) is 5.71. The predicted molar refractivity (Wildman–Crippen MR) is 125 cm³/mol. The highest BCUT2D eigenvalue weighted by atomic mass is 16.5. The Morgan fingerprint density at radius 1 is 0.971 bits per heavy atom. The van der Waals surface area contributed by atoms with Gasteiger partial charge in [0.05, 0.1) is 32.9 Å². The molecule has 0 saturated carbocycles. The Bertz CT molecular complexity index is 1240. The van der Waals surface area contributed by atoms with Crippen molar-refractivity contribution in [2.75, 3.05) is 21.3 Å². The van der Waals surface area contributed by atoms with Gasteiger partial charge in [-0.2, -0.15) is 0 Å². The molecule has 0 aliphatic carbocycles. The van der Waals surface area contributed by atoms with E-state index in [0.717, 1.165) is 5.56 Å². The topological polar surface area (TPSA) is 98.2 Å². The molecular formula is C26H24N2O6. The van der Waals surface area contributed by atoms with Crippen LogP contribution in [0.1, 0.15) is 22.7 Å². The van der Waals surface area contributed by atoms with E-state index in [1.165, 1.54) is 26.2 Å². The first kappa shape index (κ1) is 22.8. The van der Waals surface area contributed by atoms with Gasteiger partial charge in [0, 0.05) is 30.1 Å². The monoisotopic (exact) mass is 460 g/mol. The first-order chi connectivity index (χ1) is 16.5. The lowest BCUT2D eigenvalue weighted by Gasteiger charge is -2.27. The van der Waals surface area contributed by atoms with Crippen LogP contribution in [0.3, 0.4) is 0 Å². The van der Waals surface area contributed by atoms with E-state index in [4.69, 9.17) is 14.2 Å².